The lowest BCUT2D eigenvalue weighted by atomic mass is 9.97. The molecule has 2 nitrogen and oxygen atoms in total. The molecule has 1 atom stereocenters. The lowest BCUT2D eigenvalue weighted by molar-refractivity contribution is 0.476. The van der Waals surface area contributed by atoms with Crippen LogP contribution in [0.3, 0.4) is 0 Å². The maximum Gasteiger partial charge on any atom is 0.127 e. The van der Waals surface area contributed by atoms with Crippen molar-refractivity contribution in [3.8, 4) is 0 Å². The van der Waals surface area contributed by atoms with Crippen LogP contribution in [0.25, 0.3) is 0 Å². The highest BCUT2D eigenvalue weighted by Crippen LogP contribution is 2.28. The number of aryl methyl sites for hydroxylation is 1. The van der Waals surface area contributed by atoms with Gasteiger partial charge in [0.15, 0.2) is 0 Å². The number of hydrogen-bond donors (Lipinski definition) is 1. The van der Waals surface area contributed by atoms with Gasteiger partial charge in [-0.25, -0.2) is 4.39 Å². The Morgan fingerprint density at radius 1 is 1.29 bits per heavy atom. The van der Waals surface area contributed by atoms with Crippen molar-refractivity contribution in [3.05, 3.63) is 58.3 Å². The molecule has 0 spiro atoms. The Kier molecular flexibility index (Phi) is 5.83. The summed E-state index contributed by atoms with van der Waals surface area (Å²) in [5, 5.41) is 3.94. The maximum absolute atomic E-state index is 14.0. The molecule has 0 fully saturated rings. The molecule has 1 aromatic carbocycles. The zero-order valence-electron chi connectivity index (χ0n) is 12.5. The van der Waals surface area contributed by atoms with Crippen molar-refractivity contribution in [2.24, 2.45) is 0 Å². The van der Waals surface area contributed by atoms with Crippen LogP contribution in [0, 0.1) is 5.82 Å². The summed E-state index contributed by atoms with van der Waals surface area (Å²) in [5.74, 6) is 0.684. The highest BCUT2D eigenvalue weighted by atomic mass is 35.5. The van der Waals surface area contributed by atoms with E-state index in [1.165, 1.54) is 6.07 Å². The van der Waals surface area contributed by atoms with Gasteiger partial charge < -0.3 is 9.73 Å². The van der Waals surface area contributed by atoms with E-state index in [9.17, 15) is 4.39 Å². The summed E-state index contributed by atoms with van der Waals surface area (Å²) in [5.41, 5.74) is 1.64. The monoisotopic (exact) mass is 309 g/mol. The topological polar surface area (TPSA) is 25.2 Å². The summed E-state index contributed by atoms with van der Waals surface area (Å²) >= 11 is 6.15. The lowest BCUT2D eigenvalue weighted by Gasteiger charge is -2.19. The third kappa shape index (κ3) is 3.86. The lowest BCUT2D eigenvalue weighted by Crippen LogP contribution is -2.25. The zero-order valence-corrected chi connectivity index (χ0v) is 13.2. The van der Waals surface area contributed by atoms with Crippen LogP contribution in [-0.4, -0.2) is 6.54 Å². The van der Waals surface area contributed by atoms with Crippen LogP contribution < -0.4 is 5.32 Å². The molecule has 21 heavy (non-hydrogen) atoms. The first kappa shape index (κ1) is 16.1. The van der Waals surface area contributed by atoms with E-state index in [4.69, 9.17) is 16.0 Å². The van der Waals surface area contributed by atoms with Crippen LogP contribution in [0.2, 0.25) is 5.02 Å². The van der Waals surface area contributed by atoms with Gasteiger partial charge in [0.25, 0.3) is 0 Å². The van der Waals surface area contributed by atoms with Crippen molar-refractivity contribution in [2.75, 3.05) is 6.54 Å². The molecule has 0 bridgehead atoms. The molecule has 0 saturated heterocycles. The van der Waals surface area contributed by atoms with E-state index in [0.717, 1.165) is 30.7 Å². The second kappa shape index (κ2) is 7.62. The van der Waals surface area contributed by atoms with Crippen molar-refractivity contribution in [1.29, 1.82) is 0 Å². The van der Waals surface area contributed by atoms with Crippen LogP contribution in [0.5, 0.6) is 0 Å². The minimum Gasteiger partial charge on any atom is -0.469 e. The first-order chi connectivity index (χ1) is 10.2. The third-order valence-corrected chi connectivity index (χ3v) is 3.94. The van der Waals surface area contributed by atoms with Crippen LogP contribution >= 0.6 is 11.6 Å². The fraction of sp³-hybridized carbons (Fsp3) is 0.412. The van der Waals surface area contributed by atoms with Crippen molar-refractivity contribution >= 4 is 11.6 Å². The van der Waals surface area contributed by atoms with Crippen molar-refractivity contribution in [3.63, 3.8) is 0 Å². The molecule has 2 rings (SSSR count). The number of halogens is 2. The number of rotatable bonds is 7. The van der Waals surface area contributed by atoms with E-state index in [1.54, 1.807) is 18.4 Å². The smallest absolute Gasteiger partial charge is 0.127 e. The first-order valence-electron chi connectivity index (χ1n) is 7.39. The Bertz CT molecular complexity index is 562. The van der Waals surface area contributed by atoms with Gasteiger partial charge >= 0.3 is 0 Å². The molecule has 0 saturated carbocycles. The molecular formula is C17H21ClFNO. The van der Waals surface area contributed by atoms with Gasteiger partial charge in [0.05, 0.1) is 6.26 Å². The average molecular weight is 310 g/mol. The van der Waals surface area contributed by atoms with Crippen LogP contribution in [0.15, 0.2) is 34.9 Å². The fourth-order valence-corrected chi connectivity index (χ4v) is 2.73. The Balaban J connectivity index is 2.28. The number of furan rings is 1. The Morgan fingerprint density at radius 3 is 2.76 bits per heavy atom. The van der Waals surface area contributed by atoms with E-state index in [0.29, 0.717) is 17.0 Å². The first-order valence-corrected chi connectivity index (χ1v) is 7.77. The minimum absolute atomic E-state index is 0.00745. The van der Waals surface area contributed by atoms with E-state index in [2.05, 4.69) is 19.2 Å². The maximum atomic E-state index is 14.0. The number of hydrogen-bond acceptors (Lipinski definition) is 2. The summed E-state index contributed by atoms with van der Waals surface area (Å²) in [7, 11) is 0. The normalized spacial score (nSPS) is 12.6. The standard InChI is InChI=1S/C17H21ClFNO/c1-3-9-20-16(12-8-10-21-17(12)4-2)11-13-14(18)6-5-7-15(13)19/h5-8,10,16,20H,3-4,9,11H2,1-2H3. The average Bonchev–Trinajstić information content (AvgIpc) is 2.94. The molecule has 2 aromatic rings. The SMILES string of the molecule is CCCNC(Cc1c(F)cccc1Cl)c1ccoc1CC. The Labute approximate surface area is 130 Å². The molecule has 1 unspecified atom stereocenters. The molecule has 1 heterocycles. The third-order valence-electron chi connectivity index (χ3n) is 3.59. The van der Waals surface area contributed by atoms with Crippen LogP contribution in [-0.2, 0) is 12.8 Å². The van der Waals surface area contributed by atoms with Gasteiger partial charge in [-0.2, -0.15) is 0 Å². The van der Waals surface area contributed by atoms with Crippen LogP contribution in [0.1, 0.15) is 43.2 Å². The summed E-state index contributed by atoms with van der Waals surface area (Å²) in [4.78, 5) is 0. The molecule has 4 heteroatoms. The van der Waals surface area contributed by atoms with Crippen molar-refractivity contribution < 1.29 is 8.81 Å². The van der Waals surface area contributed by atoms with E-state index in [-0.39, 0.29) is 11.9 Å². The van der Waals surface area contributed by atoms with E-state index >= 15 is 0 Å². The molecular weight excluding hydrogens is 289 g/mol. The molecule has 1 aromatic heterocycles. The summed E-state index contributed by atoms with van der Waals surface area (Å²) in [6.45, 7) is 5.02. The molecule has 0 radical (unpaired) electrons. The van der Waals surface area contributed by atoms with Gasteiger partial charge in [-0.1, -0.05) is 31.5 Å². The molecule has 1 N–H and O–H groups in total. The van der Waals surface area contributed by atoms with Crippen molar-refractivity contribution in [2.45, 2.75) is 39.2 Å². The van der Waals surface area contributed by atoms with Gasteiger partial charge in [0, 0.05) is 28.6 Å². The largest absolute Gasteiger partial charge is 0.469 e. The predicted molar refractivity (Wildman–Crippen MR) is 84.2 cm³/mol. The second-order valence-corrected chi connectivity index (χ2v) is 5.47. The fourth-order valence-electron chi connectivity index (χ4n) is 2.49. The van der Waals surface area contributed by atoms with Gasteiger partial charge in [-0.3, -0.25) is 0 Å². The zero-order chi connectivity index (χ0) is 15.2. The van der Waals surface area contributed by atoms with Gasteiger partial charge in [-0.15, -0.1) is 0 Å². The van der Waals surface area contributed by atoms with Gasteiger partial charge in [-0.05, 0) is 37.6 Å². The van der Waals surface area contributed by atoms with E-state index in [1.807, 2.05) is 6.07 Å². The predicted octanol–water partition coefficient (Wildman–Crippen LogP) is 4.92. The Hall–Kier alpha value is -1.32. The molecule has 0 aliphatic heterocycles. The second-order valence-electron chi connectivity index (χ2n) is 5.06. The quantitative estimate of drug-likeness (QED) is 0.785. The molecule has 0 amide bonds. The molecule has 0 aliphatic rings. The Morgan fingerprint density at radius 2 is 2.10 bits per heavy atom. The summed E-state index contributed by atoms with van der Waals surface area (Å²) in [6.07, 6.45) is 4.04. The summed E-state index contributed by atoms with van der Waals surface area (Å²) in [6, 6.07) is 6.78. The number of nitrogens with one attached hydrogen (secondary N) is 1. The highest BCUT2D eigenvalue weighted by molar-refractivity contribution is 6.31. The van der Waals surface area contributed by atoms with Crippen LogP contribution in [0.4, 0.5) is 4.39 Å². The molecule has 0 aliphatic carbocycles. The number of benzene rings is 1. The van der Waals surface area contributed by atoms with Crippen molar-refractivity contribution in [1.82, 2.24) is 5.32 Å². The van der Waals surface area contributed by atoms with Gasteiger partial charge in [0.2, 0.25) is 0 Å². The minimum atomic E-state index is -0.257. The molecule has 114 valence electrons. The van der Waals surface area contributed by atoms with E-state index < -0.39 is 0 Å². The summed E-state index contributed by atoms with van der Waals surface area (Å²) < 4.78 is 19.5. The highest BCUT2D eigenvalue weighted by Gasteiger charge is 2.20. The van der Waals surface area contributed by atoms with Gasteiger partial charge in [0.1, 0.15) is 11.6 Å².